The van der Waals surface area contributed by atoms with Gasteiger partial charge in [0.15, 0.2) is 0 Å². The van der Waals surface area contributed by atoms with E-state index in [4.69, 9.17) is 5.11 Å². The number of anilines is 1. The van der Waals surface area contributed by atoms with E-state index in [1.165, 1.54) is 24.7 Å². The molecule has 0 aliphatic heterocycles. The van der Waals surface area contributed by atoms with Crippen molar-refractivity contribution in [1.29, 1.82) is 0 Å². The molecule has 1 aromatic carbocycles. The van der Waals surface area contributed by atoms with Crippen LogP contribution in [0, 0.1) is 17.7 Å². The average Bonchev–Trinajstić information content (AvgIpc) is 2.88. The standard InChI is InChI=1S/C15H14FN3O2/c1-19-10-17-9-14(19)15(21)18-13-6-5-11(8-12(13)16)4-2-3-7-20/h5-6,8-10,20H,3,7H2,1H3,(H,18,21). The Morgan fingerprint density at radius 2 is 2.33 bits per heavy atom. The lowest BCUT2D eigenvalue weighted by Gasteiger charge is -2.06. The normalized spacial score (nSPS) is 9.86. The molecule has 0 fully saturated rings. The smallest absolute Gasteiger partial charge is 0.274 e. The number of aromatic nitrogens is 2. The summed E-state index contributed by atoms with van der Waals surface area (Å²) < 4.78 is 15.5. The van der Waals surface area contributed by atoms with Crippen LogP contribution in [0.15, 0.2) is 30.7 Å². The van der Waals surface area contributed by atoms with Gasteiger partial charge in [0.1, 0.15) is 11.5 Å². The largest absolute Gasteiger partial charge is 0.395 e. The molecule has 5 nitrogen and oxygen atoms in total. The number of hydrogen-bond acceptors (Lipinski definition) is 3. The summed E-state index contributed by atoms with van der Waals surface area (Å²) in [7, 11) is 1.68. The second kappa shape index (κ2) is 6.68. The monoisotopic (exact) mass is 287 g/mol. The molecule has 21 heavy (non-hydrogen) atoms. The van der Waals surface area contributed by atoms with E-state index in [0.717, 1.165) is 0 Å². The summed E-state index contributed by atoms with van der Waals surface area (Å²) in [6, 6.07) is 4.29. The van der Waals surface area contributed by atoms with Crippen LogP contribution < -0.4 is 5.32 Å². The summed E-state index contributed by atoms with van der Waals surface area (Å²) in [6.45, 7) is -0.0334. The molecule has 0 aliphatic rings. The van der Waals surface area contributed by atoms with Gasteiger partial charge in [0.25, 0.3) is 5.91 Å². The highest BCUT2D eigenvalue weighted by molar-refractivity contribution is 6.03. The fourth-order valence-electron chi connectivity index (χ4n) is 1.68. The zero-order valence-electron chi connectivity index (χ0n) is 11.4. The maximum absolute atomic E-state index is 13.9. The molecule has 0 atom stereocenters. The van der Waals surface area contributed by atoms with Crippen LogP contribution in [-0.4, -0.2) is 27.2 Å². The quantitative estimate of drug-likeness (QED) is 0.842. The molecule has 0 saturated carbocycles. The van der Waals surface area contributed by atoms with E-state index in [9.17, 15) is 9.18 Å². The molecular weight excluding hydrogens is 273 g/mol. The third kappa shape index (κ3) is 3.68. The van der Waals surface area contributed by atoms with E-state index in [1.807, 2.05) is 0 Å². The molecule has 0 saturated heterocycles. The Bertz CT molecular complexity index is 713. The summed E-state index contributed by atoms with van der Waals surface area (Å²) >= 11 is 0. The van der Waals surface area contributed by atoms with Gasteiger partial charge in [-0.05, 0) is 18.2 Å². The van der Waals surface area contributed by atoms with Crippen LogP contribution in [0.4, 0.5) is 10.1 Å². The maximum atomic E-state index is 13.9. The Labute approximate surface area is 121 Å². The van der Waals surface area contributed by atoms with Crippen molar-refractivity contribution in [2.45, 2.75) is 6.42 Å². The molecule has 0 spiro atoms. The van der Waals surface area contributed by atoms with Crippen LogP contribution in [0.25, 0.3) is 0 Å². The van der Waals surface area contributed by atoms with Crippen molar-refractivity contribution in [1.82, 2.24) is 9.55 Å². The molecule has 0 aliphatic carbocycles. The second-order valence-corrected chi connectivity index (χ2v) is 4.31. The molecule has 1 aromatic heterocycles. The van der Waals surface area contributed by atoms with Crippen LogP contribution in [0.5, 0.6) is 0 Å². The van der Waals surface area contributed by atoms with Crippen LogP contribution in [-0.2, 0) is 7.05 Å². The van der Waals surface area contributed by atoms with Gasteiger partial charge in [0.05, 0.1) is 24.8 Å². The van der Waals surface area contributed by atoms with Crippen molar-refractivity contribution in [2.24, 2.45) is 7.05 Å². The zero-order valence-corrected chi connectivity index (χ0v) is 11.4. The summed E-state index contributed by atoms with van der Waals surface area (Å²) in [5, 5.41) is 11.1. The molecule has 108 valence electrons. The van der Waals surface area contributed by atoms with Gasteiger partial charge in [-0.1, -0.05) is 11.8 Å². The van der Waals surface area contributed by atoms with Gasteiger partial charge in [-0.25, -0.2) is 9.37 Å². The first-order valence-electron chi connectivity index (χ1n) is 6.29. The first-order chi connectivity index (χ1) is 10.1. The van der Waals surface area contributed by atoms with Crippen LogP contribution in [0.3, 0.4) is 0 Å². The molecule has 0 bridgehead atoms. The van der Waals surface area contributed by atoms with E-state index in [2.05, 4.69) is 22.1 Å². The SMILES string of the molecule is Cn1cncc1C(=O)Nc1ccc(C#CCCO)cc1F. The number of halogens is 1. The van der Waals surface area contributed by atoms with Crippen molar-refractivity contribution in [3.63, 3.8) is 0 Å². The first-order valence-corrected chi connectivity index (χ1v) is 6.29. The summed E-state index contributed by atoms with van der Waals surface area (Å²) in [5.41, 5.74) is 0.898. The Morgan fingerprint density at radius 1 is 1.52 bits per heavy atom. The number of aliphatic hydroxyl groups is 1. The highest BCUT2D eigenvalue weighted by Crippen LogP contribution is 2.16. The molecule has 2 rings (SSSR count). The summed E-state index contributed by atoms with van der Waals surface area (Å²) in [4.78, 5) is 15.8. The number of rotatable bonds is 3. The van der Waals surface area contributed by atoms with Gasteiger partial charge >= 0.3 is 0 Å². The summed E-state index contributed by atoms with van der Waals surface area (Å²) in [5.74, 6) is 4.42. The molecular formula is C15H14FN3O2. The van der Waals surface area contributed by atoms with Gasteiger partial charge in [0.2, 0.25) is 0 Å². The predicted octanol–water partition coefficient (Wildman–Crippen LogP) is 1.55. The van der Waals surface area contributed by atoms with E-state index < -0.39 is 11.7 Å². The zero-order chi connectivity index (χ0) is 15.2. The minimum Gasteiger partial charge on any atom is -0.395 e. The van der Waals surface area contributed by atoms with Crippen LogP contribution in [0.1, 0.15) is 22.5 Å². The molecule has 6 heteroatoms. The van der Waals surface area contributed by atoms with Crippen molar-refractivity contribution in [3.8, 4) is 11.8 Å². The van der Waals surface area contributed by atoms with Gasteiger partial charge < -0.3 is 15.0 Å². The van der Waals surface area contributed by atoms with E-state index in [1.54, 1.807) is 17.7 Å². The highest BCUT2D eigenvalue weighted by atomic mass is 19.1. The molecule has 1 heterocycles. The van der Waals surface area contributed by atoms with E-state index >= 15 is 0 Å². The van der Waals surface area contributed by atoms with Gasteiger partial charge in [-0.3, -0.25) is 4.79 Å². The Hall–Kier alpha value is -2.65. The van der Waals surface area contributed by atoms with Crippen molar-refractivity contribution >= 4 is 11.6 Å². The molecule has 1 amide bonds. The minimum atomic E-state index is -0.568. The number of nitrogens with zero attached hydrogens (tertiary/aromatic N) is 2. The Balaban J connectivity index is 2.13. The number of carbonyl (C=O) groups is 1. The maximum Gasteiger partial charge on any atom is 0.274 e. The minimum absolute atomic E-state index is 0.0334. The number of amides is 1. The second-order valence-electron chi connectivity index (χ2n) is 4.31. The van der Waals surface area contributed by atoms with Crippen molar-refractivity contribution in [3.05, 3.63) is 47.8 Å². The molecule has 2 N–H and O–H groups in total. The molecule has 0 radical (unpaired) electrons. The van der Waals surface area contributed by atoms with Crippen LogP contribution in [0.2, 0.25) is 0 Å². The van der Waals surface area contributed by atoms with Gasteiger partial charge in [-0.2, -0.15) is 0 Å². The molecule has 2 aromatic rings. The average molecular weight is 287 g/mol. The first kappa shape index (κ1) is 14.8. The Morgan fingerprint density at radius 3 is 2.95 bits per heavy atom. The number of carbonyl (C=O) groups excluding carboxylic acids is 1. The lowest BCUT2D eigenvalue weighted by Crippen LogP contribution is -2.16. The number of nitrogens with one attached hydrogen (secondary N) is 1. The lowest BCUT2D eigenvalue weighted by molar-refractivity contribution is 0.101. The topological polar surface area (TPSA) is 67.2 Å². The predicted molar refractivity (Wildman–Crippen MR) is 76.1 cm³/mol. The Kier molecular flexibility index (Phi) is 4.69. The highest BCUT2D eigenvalue weighted by Gasteiger charge is 2.12. The third-order valence-electron chi connectivity index (χ3n) is 2.74. The summed E-state index contributed by atoms with van der Waals surface area (Å²) in [6.07, 6.45) is 3.23. The number of hydrogen-bond donors (Lipinski definition) is 2. The van der Waals surface area contributed by atoms with Crippen LogP contribution >= 0.6 is 0 Å². The van der Waals surface area contributed by atoms with Gasteiger partial charge in [-0.15, -0.1) is 0 Å². The van der Waals surface area contributed by atoms with Crippen molar-refractivity contribution in [2.75, 3.05) is 11.9 Å². The fraction of sp³-hybridized carbons (Fsp3) is 0.200. The van der Waals surface area contributed by atoms with E-state index in [-0.39, 0.29) is 12.3 Å². The number of aryl methyl sites for hydroxylation is 1. The van der Waals surface area contributed by atoms with E-state index in [0.29, 0.717) is 17.7 Å². The molecule has 0 unspecified atom stereocenters. The number of aliphatic hydroxyl groups excluding tert-OH is 1. The fourth-order valence-corrected chi connectivity index (χ4v) is 1.68. The number of benzene rings is 1. The number of imidazole rings is 1. The van der Waals surface area contributed by atoms with Crippen molar-refractivity contribution < 1.29 is 14.3 Å². The third-order valence-corrected chi connectivity index (χ3v) is 2.74. The lowest BCUT2D eigenvalue weighted by atomic mass is 10.2. The van der Waals surface area contributed by atoms with Gasteiger partial charge in [0, 0.05) is 19.0 Å².